The van der Waals surface area contributed by atoms with E-state index in [1.54, 1.807) is 7.05 Å². The molecule has 0 aliphatic carbocycles. The van der Waals surface area contributed by atoms with E-state index in [1.807, 2.05) is 38.1 Å². The minimum absolute atomic E-state index is 0.288. The molecular weight excluding hydrogens is 326 g/mol. The number of aryl methyl sites for hydroxylation is 1. The van der Waals surface area contributed by atoms with Crippen LogP contribution in [0.15, 0.2) is 33.8 Å². The van der Waals surface area contributed by atoms with Crippen molar-refractivity contribution >= 4 is 17.6 Å². The summed E-state index contributed by atoms with van der Waals surface area (Å²) in [6.45, 7) is 5.57. The van der Waals surface area contributed by atoms with Gasteiger partial charge < -0.3 is 15.2 Å². The highest BCUT2D eigenvalue weighted by Gasteiger charge is 2.09. The van der Waals surface area contributed by atoms with Crippen molar-refractivity contribution in [1.29, 1.82) is 0 Å². The lowest BCUT2D eigenvalue weighted by molar-refractivity contribution is 0.368. The van der Waals surface area contributed by atoms with Gasteiger partial charge in [-0.3, -0.25) is 4.99 Å². The van der Waals surface area contributed by atoms with E-state index in [9.17, 15) is 0 Å². The third-order valence-corrected chi connectivity index (χ3v) is 3.71. The first-order chi connectivity index (χ1) is 11.6. The van der Waals surface area contributed by atoms with Crippen molar-refractivity contribution in [3.8, 4) is 0 Å². The van der Waals surface area contributed by atoms with Crippen molar-refractivity contribution in [2.45, 2.75) is 39.2 Å². The topological polar surface area (TPSA) is 75.3 Å². The average Bonchev–Trinajstić information content (AvgIpc) is 3.05. The minimum atomic E-state index is 0.288. The van der Waals surface area contributed by atoms with Gasteiger partial charge in [0.05, 0.1) is 0 Å². The molecule has 0 bridgehead atoms. The van der Waals surface area contributed by atoms with Crippen molar-refractivity contribution < 1.29 is 4.52 Å². The number of aliphatic imine (C=N–C) groups is 1. The highest BCUT2D eigenvalue weighted by atomic mass is 35.5. The molecule has 1 heterocycles. The van der Waals surface area contributed by atoms with Crippen LogP contribution >= 0.6 is 11.6 Å². The van der Waals surface area contributed by atoms with E-state index < -0.39 is 0 Å². The summed E-state index contributed by atoms with van der Waals surface area (Å²) in [5.41, 5.74) is 1.15. The number of hydrogen-bond acceptors (Lipinski definition) is 4. The summed E-state index contributed by atoms with van der Waals surface area (Å²) in [7, 11) is 1.75. The third-order valence-electron chi connectivity index (χ3n) is 3.46. The Balaban J connectivity index is 1.68. The molecule has 2 rings (SSSR count). The predicted molar refractivity (Wildman–Crippen MR) is 96.4 cm³/mol. The summed E-state index contributed by atoms with van der Waals surface area (Å²) in [5.74, 6) is 2.50. The van der Waals surface area contributed by atoms with E-state index in [0.717, 1.165) is 41.8 Å². The molecule has 130 valence electrons. The summed E-state index contributed by atoms with van der Waals surface area (Å²) in [6, 6.07) is 7.74. The van der Waals surface area contributed by atoms with Crippen LogP contribution in [0.1, 0.15) is 43.5 Å². The molecule has 0 radical (unpaired) electrons. The molecule has 0 saturated heterocycles. The van der Waals surface area contributed by atoms with Gasteiger partial charge >= 0.3 is 0 Å². The molecule has 0 atom stereocenters. The normalized spacial score (nSPS) is 11.8. The first kappa shape index (κ1) is 18.3. The lowest BCUT2D eigenvalue weighted by atomic mass is 10.2. The molecule has 0 fully saturated rings. The van der Waals surface area contributed by atoms with Crippen molar-refractivity contribution in [2.24, 2.45) is 4.99 Å². The second-order valence-corrected chi connectivity index (χ2v) is 6.22. The van der Waals surface area contributed by atoms with Crippen LogP contribution in [0.5, 0.6) is 0 Å². The molecule has 24 heavy (non-hydrogen) atoms. The first-order valence-electron chi connectivity index (χ1n) is 8.10. The molecule has 0 amide bonds. The second-order valence-electron chi connectivity index (χ2n) is 5.78. The zero-order chi connectivity index (χ0) is 17.4. The Morgan fingerprint density at radius 1 is 1.25 bits per heavy atom. The molecular formula is C17H24ClN5O. The average molecular weight is 350 g/mol. The number of nitrogens with zero attached hydrogens (tertiary/aromatic N) is 3. The number of rotatable bonds is 7. The largest absolute Gasteiger partial charge is 0.356 e. The zero-order valence-electron chi connectivity index (χ0n) is 14.3. The van der Waals surface area contributed by atoms with Crippen LogP contribution in [0, 0.1) is 0 Å². The predicted octanol–water partition coefficient (Wildman–Crippen LogP) is 3.14. The highest BCUT2D eigenvalue weighted by Crippen LogP contribution is 2.10. The molecule has 1 aromatic carbocycles. The Bertz CT molecular complexity index is 651. The van der Waals surface area contributed by atoms with Gasteiger partial charge in [0.2, 0.25) is 5.89 Å². The maximum Gasteiger partial charge on any atom is 0.226 e. The van der Waals surface area contributed by atoms with E-state index in [0.29, 0.717) is 12.4 Å². The lowest BCUT2D eigenvalue weighted by Crippen LogP contribution is -2.37. The van der Waals surface area contributed by atoms with Crippen LogP contribution in [-0.2, 0) is 13.0 Å². The van der Waals surface area contributed by atoms with Gasteiger partial charge in [-0.15, -0.1) is 0 Å². The summed E-state index contributed by atoms with van der Waals surface area (Å²) in [6.07, 6.45) is 1.64. The second kappa shape index (κ2) is 9.27. The standard InChI is InChI=1S/C17H24ClN5O/c1-12(2)16-22-15(24-23-16)5-4-10-20-17(19-3)21-11-13-6-8-14(18)9-7-13/h6-9,12H,4-5,10-11H2,1-3H3,(H2,19,20,21). The lowest BCUT2D eigenvalue weighted by Gasteiger charge is -2.11. The van der Waals surface area contributed by atoms with Gasteiger partial charge in [0, 0.05) is 37.5 Å². The molecule has 2 N–H and O–H groups in total. The van der Waals surface area contributed by atoms with Crippen molar-refractivity contribution in [3.05, 3.63) is 46.6 Å². The summed E-state index contributed by atoms with van der Waals surface area (Å²) in [5, 5.41) is 11.2. The van der Waals surface area contributed by atoms with E-state index in [1.165, 1.54) is 0 Å². The van der Waals surface area contributed by atoms with Gasteiger partial charge in [-0.05, 0) is 24.1 Å². The molecule has 0 spiro atoms. The van der Waals surface area contributed by atoms with Gasteiger partial charge in [0.15, 0.2) is 11.8 Å². The smallest absolute Gasteiger partial charge is 0.226 e. The summed E-state index contributed by atoms with van der Waals surface area (Å²) >= 11 is 5.88. The van der Waals surface area contributed by atoms with Crippen LogP contribution < -0.4 is 10.6 Å². The molecule has 0 saturated carbocycles. The molecule has 1 aromatic heterocycles. The fraction of sp³-hybridized carbons (Fsp3) is 0.471. The van der Waals surface area contributed by atoms with Crippen LogP contribution in [0.25, 0.3) is 0 Å². The molecule has 0 aliphatic rings. The minimum Gasteiger partial charge on any atom is -0.356 e. The maximum atomic E-state index is 5.88. The van der Waals surface area contributed by atoms with Crippen LogP contribution in [0.4, 0.5) is 0 Å². The number of halogens is 1. The van der Waals surface area contributed by atoms with E-state index in [-0.39, 0.29) is 5.92 Å². The molecule has 6 nitrogen and oxygen atoms in total. The summed E-state index contributed by atoms with van der Waals surface area (Å²) < 4.78 is 5.23. The Morgan fingerprint density at radius 2 is 2.00 bits per heavy atom. The van der Waals surface area contributed by atoms with Gasteiger partial charge in [-0.25, -0.2) is 0 Å². The fourth-order valence-electron chi connectivity index (χ4n) is 2.06. The van der Waals surface area contributed by atoms with Crippen molar-refractivity contribution in [1.82, 2.24) is 20.8 Å². The Morgan fingerprint density at radius 3 is 2.62 bits per heavy atom. The molecule has 2 aromatic rings. The SMILES string of the molecule is CN=C(NCCCc1nc(C(C)C)no1)NCc1ccc(Cl)cc1. The molecule has 0 aliphatic heterocycles. The van der Waals surface area contributed by atoms with Gasteiger partial charge in [-0.2, -0.15) is 4.98 Å². The fourth-order valence-corrected chi connectivity index (χ4v) is 2.19. The zero-order valence-corrected chi connectivity index (χ0v) is 15.1. The van der Waals surface area contributed by atoms with E-state index in [4.69, 9.17) is 16.1 Å². The number of benzene rings is 1. The van der Waals surface area contributed by atoms with Gasteiger partial charge in [0.1, 0.15) is 0 Å². The van der Waals surface area contributed by atoms with Crippen LogP contribution in [0.2, 0.25) is 5.02 Å². The number of guanidine groups is 1. The monoisotopic (exact) mass is 349 g/mol. The third kappa shape index (κ3) is 5.85. The molecule has 0 unspecified atom stereocenters. The Kier molecular flexibility index (Phi) is 7.06. The van der Waals surface area contributed by atoms with Gasteiger partial charge in [0.25, 0.3) is 0 Å². The van der Waals surface area contributed by atoms with E-state index in [2.05, 4.69) is 25.8 Å². The van der Waals surface area contributed by atoms with E-state index >= 15 is 0 Å². The first-order valence-corrected chi connectivity index (χ1v) is 8.47. The maximum absolute atomic E-state index is 5.88. The Labute approximate surface area is 147 Å². The quantitative estimate of drug-likeness (QED) is 0.456. The van der Waals surface area contributed by atoms with Crippen LogP contribution in [-0.4, -0.2) is 29.7 Å². The van der Waals surface area contributed by atoms with Crippen molar-refractivity contribution in [3.63, 3.8) is 0 Å². The Hall–Kier alpha value is -2.08. The van der Waals surface area contributed by atoms with Gasteiger partial charge in [-0.1, -0.05) is 42.7 Å². The number of aromatic nitrogens is 2. The number of hydrogen-bond donors (Lipinski definition) is 2. The van der Waals surface area contributed by atoms with Crippen molar-refractivity contribution in [2.75, 3.05) is 13.6 Å². The van der Waals surface area contributed by atoms with Crippen LogP contribution in [0.3, 0.4) is 0 Å². The highest BCUT2D eigenvalue weighted by molar-refractivity contribution is 6.30. The molecule has 7 heteroatoms. The summed E-state index contributed by atoms with van der Waals surface area (Å²) in [4.78, 5) is 8.58. The number of nitrogens with one attached hydrogen (secondary N) is 2.